The molecule has 0 saturated heterocycles. The lowest BCUT2D eigenvalue weighted by Gasteiger charge is -2.36. The molecule has 0 aromatic rings. The number of rotatable bonds is 9. The summed E-state index contributed by atoms with van der Waals surface area (Å²) in [4.78, 5) is 0. The van der Waals surface area contributed by atoms with Crippen molar-refractivity contribution in [2.45, 2.75) is 59.3 Å². The van der Waals surface area contributed by atoms with E-state index in [0.29, 0.717) is 23.3 Å². The van der Waals surface area contributed by atoms with E-state index in [1.807, 2.05) is 6.92 Å². The van der Waals surface area contributed by atoms with Crippen molar-refractivity contribution >= 4 is 9.84 Å². The Balaban J connectivity index is 2.54. The molecule has 0 amide bonds. The monoisotopic (exact) mass is 303 g/mol. The molecule has 0 aromatic heterocycles. The third kappa shape index (κ3) is 6.13. The Morgan fingerprint density at radius 2 is 1.80 bits per heavy atom. The molecule has 3 unspecified atom stereocenters. The van der Waals surface area contributed by atoms with Crippen LogP contribution in [0.3, 0.4) is 0 Å². The Bertz CT molecular complexity index is 353. The quantitative estimate of drug-likeness (QED) is 0.711. The molecule has 1 saturated carbocycles. The van der Waals surface area contributed by atoms with Gasteiger partial charge in [0.05, 0.1) is 5.75 Å². The van der Waals surface area contributed by atoms with Crippen LogP contribution in [0.5, 0.6) is 0 Å². The van der Waals surface area contributed by atoms with Crippen molar-refractivity contribution in [3.8, 4) is 0 Å². The molecule has 1 aliphatic rings. The molecule has 0 spiro atoms. The van der Waals surface area contributed by atoms with Gasteiger partial charge in [0.15, 0.2) is 0 Å². The lowest BCUT2D eigenvalue weighted by molar-refractivity contribution is 0.169. The van der Waals surface area contributed by atoms with Crippen LogP contribution in [0.1, 0.15) is 59.3 Å². The van der Waals surface area contributed by atoms with Gasteiger partial charge in [-0.3, -0.25) is 0 Å². The van der Waals surface area contributed by atoms with Crippen molar-refractivity contribution in [2.75, 3.05) is 24.6 Å². The maximum atomic E-state index is 11.9. The Morgan fingerprint density at radius 3 is 2.40 bits per heavy atom. The maximum absolute atomic E-state index is 11.9. The standard InChI is InChI=1S/C16H33NO2S/c1-4-10-20(18,19)11-9-15-12-14(5-2)7-8-16(15)13-17-6-3/h14-17H,4-13H2,1-3H3. The van der Waals surface area contributed by atoms with E-state index in [-0.39, 0.29) is 0 Å². The van der Waals surface area contributed by atoms with Gasteiger partial charge in [-0.15, -0.1) is 0 Å². The van der Waals surface area contributed by atoms with Crippen LogP contribution in [0.2, 0.25) is 0 Å². The third-order valence-electron chi connectivity index (χ3n) is 4.80. The molecule has 120 valence electrons. The van der Waals surface area contributed by atoms with E-state index in [2.05, 4.69) is 19.2 Å². The van der Waals surface area contributed by atoms with Gasteiger partial charge in [-0.1, -0.05) is 33.6 Å². The van der Waals surface area contributed by atoms with Gasteiger partial charge in [0.2, 0.25) is 0 Å². The van der Waals surface area contributed by atoms with Crippen molar-refractivity contribution in [3.05, 3.63) is 0 Å². The van der Waals surface area contributed by atoms with Crippen molar-refractivity contribution in [1.82, 2.24) is 5.32 Å². The van der Waals surface area contributed by atoms with Gasteiger partial charge in [0, 0.05) is 5.75 Å². The van der Waals surface area contributed by atoms with Crippen molar-refractivity contribution in [3.63, 3.8) is 0 Å². The first-order valence-corrected chi connectivity index (χ1v) is 10.3. The summed E-state index contributed by atoms with van der Waals surface area (Å²) in [5.74, 6) is 2.83. The maximum Gasteiger partial charge on any atom is 0.150 e. The van der Waals surface area contributed by atoms with Gasteiger partial charge in [0.25, 0.3) is 0 Å². The largest absolute Gasteiger partial charge is 0.317 e. The average molecular weight is 304 g/mol. The van der Waals surface area contributed by atoms with Gasteiger partial charge < -0.3 is 5.32 Å². The van der Waals surface area contributed by atoms with Crippen LogP contribution in [0.25, 0.3) is 0 Å². The first-order valence-electron chi connectivity index (χ1n) is 8.43. The lowest BCUT2D eigenvalue weighted by atomic mass is 9.72. The zero-order valence-corrected chi connectivity index (χ0v) is 14.3. The number of hydrogen-bond acceptors (Lipinski definition) is 3. The molecule has 0 aliphatic heterocycles. The van der Waals surface area contributed by atoms with Crippen LogP contribution in [-0.4, -0.2) is 33.0 Å². The summed E-state index contributed by atoms with van der Waals surface area (Å²) in [6.07, 6.45) is 6.68. The summed E-state index contributed by atoms with van der Waals surface area (Å²) in [5.41, 5.74) is 0. The van der Waals surface area contributed by atoms with E-state index in [1.54, 1.807) is 0 Å². The number of sulfone groups is 1. The van der Waals surface area contributed by atoms with E-state index in [4.69, 9.17) is 0 Å². The van der Waals surface area contributed by atoms with Crippen LogP contribution < -0.4 is 5.32 Å². The molecular formula is C16H33NO2S. The van der Waals surface area contributed by atoms with Gasteiger partial charge in [-0.05, 0) is 56.5 Å². The molecule has 1 N–H and O–H groups in total. The molecular weight excluding hydrogens is 270 g/mol. The Kier molecular flexibility index (Phi) is 8.11. The zero-order chi connectivity index (χ0) is 15.0. The van der Waals surface area contributed by atoms with Gasteiger partial charge >= 0.3 is 0 Å². The molecule has 1 fully saturated rings. The first kappa shape index (κ1) is 18.0. The van der Waals surface area contributed by atoms with Crippen LogP contribution in [-0.2, 0) is 9.84 Å². The summed E-state index contributed by atoms with van der Waals surface area (Å²) < 4.78 is 23.9. The van der Waals surface area contributed by atoms with Gasteiger partial charge in [0.1, 0.15) is 9.84 Å². The third-order valence-corrected chi connectivity index (χ3v) is 6.69. The van der Waals surface area contributed by atoms with E-state index < -0.39 is 9.84 Å². The molecule has 1 aliphatic carbocycles. The predicted molar refractivity (Wildman–Crippen MR) is 86.7 cm³/mol. The van der Waals surface area contributed by atoms with E-state index in [1.165, 1.54) is 25.7 Å². The second kappa shape index (κ2) is 9.04. The van der Waals surface area contributed by atoms with E-state index in [0.717, 1.165) is 31.8 Å². The van der Waals surface area contributed by atoms with Crippen LogP contribution in [0.4, 0.5) is 0 Å². The molecule has 1 rings (SSSR count). The number of nitrogens with one attached hydrogen (secondary N) is 1. The smallest absolute Gasteiger partial charge is 0.150 e. The van der Waals surface area contributed by atoms with Crippen molar-refractivity contribution in [2.24, 2.45) is 17.8 Å². The molecule has 3 nitrogen and oxygen atoms in total. The molecule has 0 bridgehead atoms. The topological polar surface area (TPSA) is 46.2 Å². The molecule has 0 heterocycles. The highest BCUT2D eigenvalue weighted by molar-refractivity contribution is 7.91. The summed E-state index contributed by atoms with van der Waals surface area (Å²) in [7, 11) is -2.82. The second-order valence-corrected chi connectivity index (χ2v) is 8.66. The van der Waals surface area contributed by atoms with Crippen molar-refractivity contribution < 1.29 is 8.42 Å². The number of hydrogen-bond donors (Lipinski definition) is 1. The van der Waals surface area contributed by atoms with Crippen LogP contribution >= 0.6 is 0 Å². The van der Waals surface area contributed by atoms with E-state index >= 15 is 0 Å². The molecule has 4 heteroatoms. The average Bonchev–Trinajstić information content (AvgIpc) is 2.43. The second-order valence-electron chi connectivity index (χ2n) is 6.36. The fourth-order valence-corrected chi connectivity index (χ4v) is 4.98. The Hall–Kier alpha value is -0.0900. The summed E-state index contributed by atoms with van der Waals surface area (Å²) in [5, 5.41) is 3.45. The normalized spacial score (nSPS) is 27.6. The van der Waals surface area contributed by atoms with Crippen molar-refractivity contribution in [1.29, 1.82) is 0 Å². The minimum atomic E-state index is -2.82. The predicted octanol–water partition coefficient (Wildman–Crippen LogP) is 3.25. The molecule has 3 atom stereocenters. The Labute approximate surface area is 125 Å². The molecule has 0 radical (unpaired) electrons. The fraction of sp³-hybridized carbons (Fsp3) is 1.00. The summed E-state index contributed by atoms with van der Waals surface area (Å²) in [6, 6.07) is 0. The minimum absolute atomic E-state index is 0.356. The highest BCUT2D eigenvalue weighted by atomic mass is 32.2. The Morgan fingerprint density at radius 1 is 1.05 bits per heavy atom. The zero-order valence-electron chi connectivity index (χ0n) is 13.5. The lowest BCUT2D eigenvalue weighted by Crippen LogP contribution is -2.34. The molecule has 20 heavy (non-hydrogen) atoms. The summed E-state index contributed by atoms with van der Waals surface area (Å²) >= 11 is 0. The highest BCUT2D eigenvalue weighted by Crippen LogP contribution is 2.37. The SMILES string of the molecule is CCCS(=O)(=O)CCC1CC(CC)CCC1CNCC. The fourth-order valence-electron chi connectivity index (χ4n) is 3.49. The minimum Gasteiger partial charge on any atom is -0.317 e. The molecule has 0 aromatic carbocycles. The van der Waals surface area contributed by atoms with Gasteiger partial charge in [-0.25, -0.2) is 8.42 Å². The van der Waals surface area contributed by atoms with Crippen LogP contribution in [0, 0.1) is 17.8 Å². The van der Waals surface area contributed by atoms with E-state index in [9.17, 15) is 8.42 Å². The first-order chi connectivity index (χ1) is 9.52. The highest BCUT2D eigenvalue weighted by Gasteiger charge is 2.30. The van der Waals surface area contributed by atoms with Crippen LogP contribution in [0.15, 0.2) is 0 Å². The summed E-state index contributed by atoms with van der Waals surface area (Å²) in [6.45, 7) is 8.41. The van der Waals surface area contributed by atoms with Gasteiger partial charge in [-0.2, -0.15) is 0 Å².